The highest BCUT2D eigenvalue weighted by molar-refractivity contribution is 5.33. The van der Waals surface area contributed by atoms with Gasteiger partial charge < -0.3 is 0 Å². The Kier molecular flexibility index (Phi) is 3.65. The zero-order valence-electron chi connectivity index (χ0n) is 8.38. The molecule has 1 unspecified atom stereocenters. The summed E-state index contributed by atoms with van der Waals surface area (Å²) in [5, 5.41) is 31.2. The molecule has 0 radical (unpaired) electrons. The predicted octanol–water partition coefficient (Wildman–Crippen LogP) is 1.19. The molecule has 0 bridgehead atoms. The van der Waals surface area contributed by atoms with Crippen LogP contribution in [0.3, 0.4) is 0 Å². The molecule has 0 saturated heterocycles. The van der Waals surface area contributed by atoms with Gasteiger partial charge in [0.2, 0.25) is 0 Å². The van der Waals surface area contributed by atoms with Crippen molar-refractivity contribution < 1.29 is 14.8 Å². The van der Waals surface area contributed by atoms with E-state index in [1.54, 1.807) is 0 Å². The Morgan fingerprint density at radius 2 is 1.53 bits per heavy atom. The third-order valence-electron chi connectivity index (χ3n) is 2.07. The maximum absolute atomic E-state index is 10.6. The molecule has 9 nitrogen and oxygen atoms in total. The van der Waals surface area contributed by atoms with Crippen LogP contribution in [-0.4, -0.2) is 21.3 Å². The number of hydrogen-bond donors (Lipinski definition) is 0. The standard InChI is InChI=1S/C8H7N3O6/c12-9(13)5-8(11(16)17)6-1-3-7(4-2-6)10(14)15/h1-4,8H,5H2. The van der Waals surface area contributed by atoms with Crippen LogP contribution >= 0.6 is 0 Å². The van der Waals surface area contributed by atoms with E-state index >= 15 is 0 Å². The minimum absolute atomic E-state index is 0.0669. The Labute approximate surface area is 94.1 Å². The van der Waals surface area contributed by atoms with E-state index in [1.165, 1.54) is 0 Å². The summed E-state index contributed by atoms with van der Waals surface area (Å²) in [6.07, 6.45) is 0. The second kappa shape index (κ2) is 4.96. The van der Waals surface area contributed by atoms with Crippen LogP contribution in [0.2, 0.25) is 0 Å². The molecule has 1 atom stereocenters. The molecule has 0 spiro atoms. The summed E-state index contributed by atoms with van der Waals surface area (Å²) in [7, 11) is 0. The number of hydrogen-bond acceptors (Lipinski definition) is 6. The van der Waals surface area contributed by atoms with E-state index < -0.39 is 27.4 Å². The zero-order valence-corrected chi connectivity index (χ0v) is 8.38. The molecule has 90 valence electrons. The van der Waals surface area contributed by atoms with E-state index in [2.05, 4.69) is 0 Å². The van der Waals surface area contributed by atoms with Crippen LogP contribution < -0.4 is 0 Å². The van der Waals surface area contributed by atoms with Crippen molar-refractivity contribution in [2.24, 2.45) is 0 Å². The third-order valence-corrected chi connectivity index (χ3v) is 2.07. The summed E-state index contributed by atoms with van der Waals surface area (Å²) in [4.78, 5) is 29.0. The first-order valence-electron chi connectivity index (χ1n) is 4.41. The van der Waals surface area contributed by atoms with E-state index in [9.17, 15) is 30.3 Å². The van der Waals surface area contributed by atoms with Crippen molar-refractivity contribution in [1.82, 2.24) is 0 Å². The molecular weight excluding hydrogens is 234 g/mol. The van der Waals surface area contributed by atoms with Crippen LogP contribution in [0.25, 0.3) is 0 Å². The number of nitrogens with zero attached hydrogens (tertiary/aromatic N) is 3. The summed E-state index contributed by atoms with van der Waals surface area (Å²) in [6, 6.07) is 2.95. The quantitative estimate of drug-likeness (QED) is 0.562. The summed E-state index contributed by atoms with van der Waals surface area (Å²) in [6.45, 7) is -0.856. The van der Waals surface area contributed by atoms with Crippen LogP contribution in [0.4, 0.5) is 5.69 Å². The van der Waals surface area contributed by atoms with Gasteiger partial charge in [0, 0.05) is 27.5 Å². The smallest absolute Gasteiger partial charge is 0.264 e. The molecule has 0 amide bonds. The van der Waals surface area contributed by atoms with Crippen molar-refractivity contribution in [2.45, 2.75) is 6.04 Å². The number of benzene rings is 1. The lowest BCUT2D eigenvalue weighted by atomic mass is 10.1. The fourth-order valence-electron chi connectivity index (χ4n) is 1.25. The third kappa shape index (κ3) is 3.19. The topological polar surface area (TPSA) is 129 Å². The molecule has 0 aliphatic heterocycles. The van der Waals surface area contributed by atoms with Gasteiger partial charge in [0.15, 0.2) is 0 Å². The van der Waals surface area contributed by atoms with E-state index in [0.29, 0.717) is 0 Å². The van der Waals surface area contributed by atoms with Crippen molar-refractivity contribution in [3.63, 3.8) is 0 Å². The Balaban J connectivity index is 2.99. The van der Waals surface area contributed by atoms with Gasteiger partial charge in [0.25, 0.3) is 12.2 Å². The van der Waals surface area contributed by atoms with E-state index in [4.69, 9.17) is 0 Å². The van der Waals surface area contributed by atoms with Crippen LogP contribution in [0, 0.1) is 30.3 Å². The van der Waals surface area contributed by atoms with Gasteiger partial charge >= 0.3 is 6.04 Å². The second-order valence-corrected chi connectivity index (χ2v) is 3.17. The van der Waals surface area contributed by atoms with Crippen molar-refractivity contribution >= 4 is 5.69 Å². The number of rotatable bonds is 5. The first-order chi connectivity index (χ1) is 7.91. The zero-order chi connectivity index (χ0) is 13.0. The van der Waals surface area contributed by atoms with Gasteiger partial charge in [-0.2, -0.15) is 0 Å². The molecule has 0 saturated carbocycles. The molecule has 1 rings (SSSR count). The Bertz CT molecular complexity index is 457. The molecule has 17 heavy (non-hydrogen) atoms. The molecule has 0 aliphatic rings. The lowest BCUT2D eigenvalue weighted by Gasteiger charge is -2.04. The van der Waals surface area contributed by atoms with Gasteiger partial charge in [0.1, 0.15) is 0 Å². The monoisotopic (exact) mass is 241 g/mol. The SMILES string of the molecule is O=[N+]([O-])CC(c1ccc([N+](=O)[O-])cc1)[N+](=O)[O-]. The highest BCUT2D eigenvalue weighted by atomic mass is 16.6. The largest absolute Gasteiger partial charge is 0.301 e. The van der Waals surface area contributed by atoms with E-state index in [1.807, 2.05) is 0 Å². The maximum Gasteiger partial charge on any atom is 0.301 e. The van der Waals surface area contributed by atoms with Crippen LogP contribution in [-0.2, 0) is 0 Å². The van der Waals surface area contributed by atoms with Gasteiger partial charge in [-0.15, -0.1) is 0 Å². The van der Waals surface area contributed by atoms with Gasteiger partial charge in [-0.3, -0.25) is 30.3 Å². The molecule has 1 aromatic rings. The second-order valence-electron chi connectivity index (χ2n) is 3.17. The first kappa shape index (κ1) is 12.5. The molecule has 0 fully saturated rings. The summed E-state index contributed by atoms with van der Waals surface area (Å²) in [5.41, 5.74) is -0.158. The van der Waals surface area contributed by atoms with Gasteiger partial charge in [-0.25, -0.2) is 0 Å². The van der Waals surface area contributed by atoms with Gasteiger partial charge in [-0.1, -0.05) is 0 Å². The number of nitro benzene ring substituents is 1. The number of non-ortho nitro benzene ring substituents is 1. The molecular formula is C8H7N3O6. The summed E-state index contributed by atoms with van der Waals surface area (Å²) in [5.74, 6) is 0. The fraction of sp³-hybridized carbons (Fsp3) is 0.250. The van der Waals surface area contributed by atoms with E-state index in [-0.39, 0.29) is 11.3 Å². The van der Waals surface area contributed by atoms with Crippen LogP contribution in [0.5, 0.6) is 0 Å². The number of nitro groups is 3. The Morgan fingerprint density at radius 3 is 1.88 bits per heavy atom. The average molecular weight is 241 g/mol. The fourth-order valence-corrected chi connectivity index (χ4v) is 1.25. The molecule has 1 aromatic carbocycles. The first-order valence-corrected chi connectivity index (χ1v) is 4.41. The van der Waals surface area contributed by atoms with Gasteiger partial charge in [-0.05, 0) is 12.1 Å². The minimum atomic E-state index is -1.49. The Morgan fingerprint density at radius 1 is 1.00 bits per heavy atom. The minimum Gasteiger partial charge on any atom is -0.264 e. The van der Waals surface area contributed by atoms with Gasteiger partial charge in [0.05, 0.1) is 4.92 Å². The van der Waals surface area contributed by atoms with Crippen molar-refractivity contribution in [3.8, 4) is 0 Å². The molecule has 0 aromatic heterocycles. The van der Waals surface area contributed by atoms with Crippen LogP contribution in [0.15, 0.2) is 24.3 Å². The van der Waals surface area contributed by atoms with Crippen LogP contribution in [0.1, 0.15) is 11.6 Å². The highest BCUT2D eigenvalue weighted by Gasteiger charge is 2.29. The molecule has 9 heteroatoms. The molecule has 0 N–H and O–H groups in total. The normalized spacial score (nSPS) is 11.8. The van der Waals surface area contributed by atoms with Crippen molar-refractivity contribution in [2.75, 3.05) is 6.54 Å². The lowest BCUT2D eigenvalue weighted by molar-refractivity contribution is -0.593. The molecule has 0 heterocycles. The molecule has 0 aliphatic carbocycles. The summed E-state index contributed by atoms with van der Waals surface area (Å²) < 4.78 is 0. The van der Waals surface area contributed by atoms with E-state index in [0.717, 1.165) is 24.3 Å². The van der Waals surface area contributed by atoms with Crippen molar-refractivity contribution in [3.05, 3.63) is 60.2 Å². The Hall–Kier alpha value is -2.58. The highest BCUT2D eigenvalue weighted by Crippen LogP contribution is 2.20. The summed E-state index contributed by atoms with van der Waals surface area (Å²) >= 11 is 0. The average Bonchev–Trinajstić information content (AvgIpc) is 2.25. The van der Waals surface area contributed by atoms with Crippen molar-refractivity contribution in [1.29, 1.82) is 0 Å². The predicted molar refractivity (Wildman–Crippen MR) is 54.7 cm³/mol. The lowest BCUT2D eigenvalue weighted by Crippen LogP contribution is -2.20. The maximum atomic E-state index is 10.6.